The van der Waals surface area contributed by atoms with Gasteiger partial charge in [0.15, 0.2) is 0 Å². The summed E-state index contributed by atoms with van der Waals surface area (Å²) in [7, 11) is 0. The van der Waals surface area contributed by atoms with E-state index in [0.29, 0.717) is 25.7 Å². The van der Waals surface area contributed by atoms with Gasteiger partial charge in [-0.25, -0.2) is 0 Å². The Morgan fingerprint density at radius 1 is 1.26 bits per heavy atom. The Balaban J connectivity index is 2.10. The smallest absolute Gasteiger partial charge is 0.0897 e. The number of halogens is 1. The predicted molar refractivity (Wildman–Crippen MR) is 79.4 cm³/mol. The van der Waals surface area contributed by atoms with Gasteiger partial charge in [0.25, 0.3) is 0 Å². The third-order valence-corrected chi connectivity index (χ3v) is 3.31. The fraction of sp³-hybridized carbons (Fsp3) is 0.600. The average Bonchev–Trinajstić information content (AvgIpc) is 2.41. The molecule has 0 aliphatic rings. The highest BCUT2D eigenvalue weighted by Crippen LogP contribution is 2.10. The number of nitrogens with one attached hydrogen (secondary N) is 1. The molecule has 1 aromatic carbocycles. The van der Waals surface area contributed by atoms with Crippen molar-refractivity contribution in [2.45, 2.75) is 33.0 Å². The summed E-state index contributed by atoms with van der Waals surface area (Å²) in [4.78, 5) is 0. The van der Waals surface area contributed by atoms with Gasteiger partial charge in [-0.1, -0.05) is 44.0 Å². The predicted octanol–water partition coefficient (Wildman–Crippen LogP) is 2.85. The number of aliphatic hydroxyl groups excluding tert-OH is 1. The second-order valence-electron chi connectivity index (χ2n) is 4.97. The van der Waals surface area contributed by atoms with Crippen LogP contribution in [0.15, 0.2) is 24.3 Å². The highest BCUT2D eigenvalue weighted by molar-refractivity contribution is 6.30. The van der Waals surface area contributed by atoms with Gasteiger partial charge in [0, 0.05) is 11.6 Å². The number of hydrogen-bond donors (Lipinski definition) is 2. The Hall–Kier alpha value is -0.610. The summed E-state index contributed by atoms with van der Waals surface area (Å²) in [6.45, 7) is 6.71. The van der Waals surface area contributed by atoms with Gasteiger partial charge in [-0.2, -0.15) is 0 Å². The maximum Gasteiger partial charge on any atom is 0.0897 e. The van der Waals surface area contributed by atoms with E-state index in [0.717, 1.165) is 23.6 Å². The molecule has 0 saturated heterocycles. The number of ether oxygens (including phenoxy) is 1. The lowest BCUT2D eigenvalue weighted by atomic mass is 10.1. The number of benzene rings is 1. The summed E-state index contributed by atoms with van der Waals surface area (Å²) in [5.41, 5.74) is 1.06. The van der Waals surface area contributed by atoms with Crippen molar-refractivity contribution in [3.63, 3.8) is 0 Å². The molecule has 4 heteroatoms. The molecule has 0 bridgehead atoms. The molecule has 0 amide bonds. The normalized spacial score (nSPS) is 14.3. The minimum atomic E-state index is -0.462. The second-order valence-corrected chi connectivity index (χ2v) is 5.40. The summed E-state index contributed by atoms with van der Waals surface area (Å²) >= 11 is 5.80. The quantitative estimate of drug-likeness (QED) is 0.733. The van der Waals surface area contributed by atoms with E-state index < -0.39 is 6.10 Å². The highest BCUT2D eigenvalue weighted by atomic mass is 35.5. The number of aliphatic hydroxyl groups is 1. The van der Waals surface area contributed by atoms with Crippen LogP contribution in [0, 0.1) is 5.92 Å². The zero-order valence-corrected chi connectivity index (χ0v) is 12.5. The molecule has 2 N–H and O–H groups in total. The van der Waals surface area contributed by atoms with Crippen LogP contribution in [0.1, 0.15) is 25.8 Å². The fourth-order valence-corrected chi connectivity index (χ4v) is 1.72. The van der Waals surface area contributed by atoms with Crippen LogP contribution in [0.25, 0.3) is 0 Å². The molecule has 2 unspecified atom stereocenters. The van der Waals surface area contributed by atoms with E-state index >= 15 is 0 Å². The lowest BCUT2D eigenvalue weighted by Crippen LogP contribution is -2.32. The minimum Gasteiger partial charge on any atom is -0.389 e. The SMILES string of the molecule is CCC(C)CNCC(O)COCc1ccc(Cl)cc1. The Morgan fingerprint density at radius 3 is 2.58 bits per heavy atom. The van der Waals surface area contributed by atoms with Crippen LogP contribution in [0.3, 0.4) is 0 Å². The standard InChI is InChI=1S/C15H24ClNO2/c1-3-12(2)8-17-9-15(18)11-19-10-13-4-6-14(16)7-5-13/h4-7,12,15,17-18H,3,8-11H2,1-2H3. The average molecular weight is 286 g/mol. The second kappa shape index (κ2) is 9.32. The monoisotopic (exact) mass is 285 g/mol. The van der Waals surface area contributed by atoms with Gasteiger partial charge in [-0.05, 0) is 30.2 Å². The van der Waals surface area contributed by atoms with Crippen LogP contribution >= 0.6 is 11.6 Å². The third kappa shape index (κ3) is 7.53. The molecule has 0 fully saturated rings. The first-order valence-electron chi connectivity index (χ1n) is 6.82. The Kier molecular flexibility index (Phi) is 8.07. The van der Waals surface area contributed by atoms with Crippen molar-refractivity contribution in [2.75, 3.05) is 19.7 Å². The molecular weight excluding hydrogens is 262 g/mol. The molecule has 0 aromatic heterocycles. The third-order valence-electron chi connectivity index (χ3n) is 3.06. The maximum absolute atomic E-state index is 9.75. The van der Waals surface area contributed by atoms with Crippen LogP contribution in [-0.4, -0.2) is 30.9 Å². The molecule has 0 aliphatic heterocycles. The van der Waals surface area contributed by atoms with Crippen LogP contribution in [-0.2, 0) is 11.3 Å². The first-order chi connectivity index (χ1) is 9.11. The molecule has 2 atom stereocenters. The van der Waals surface area contributed by atoms with Gasteiger partial charge in [-0.15, -0.1) is 0 Å². The van der Waals surface area contributed by atoms with E-state index in [1.54, 1.807) is 0 Å². The van der Waals surface area contributed by atoms with Crippen molar-refractivity contribution in [3.8, 4) is 0 Å². The van der Waals surface area contributed by atoms with Crippen molar-refractivity contribution >= 4 is 11.6 Å². The zero-order chi connectivity index (χ0) is 14.1. The van der Waals surface area contributed by atoms with Gasteiger partial charge < -0.3 is 15.2 Å². The first-order valence-corrected chi connectivity index (χ1v) is 7.20. The molecule has 0 aliphatic carbocycles. The lowest BCUT2D eigenvalue weighted by molar-refractivity contribution is 0.0286. The Morgan fingerprint density at radius 2 is 1.95 bits per heavy atom. The molecular formula is C15H24ClNO2. The van der Waals surface area contributed by atoms with Crippen molar-refractivity contribution in [1.82, 2.24) is 5.32 Å². The number of rotatable bonds is 9. The summed E-state index contributed by atoms with van der Waals surface area (Å²) in [6, 6.07) is 7.53. The van der Waals surface area contributed by atoms with Crippen LogP contribution < -0.4 is 5.32 Å². The fourth-order valence-electron chi connectivity index (χ4n) is 1.59. The van der Waals surface area contributed by atoms with Crippen molar-refractivity contribution in [1.29, 1.82) is 0 Å². The van der Waals surface area contributed by atoms with E-state index in [4.69, 9.17) is 16.3 Å². The molecule has 1 rings (SSSR count). The van der Waals surface area contributed by atoms with Crippen molar-refractivity contribution in [2.24, 2.45) is 5.92 Å². The van der Waals surface area contributed by atoms with E-state index in [9.17, 15) is 5.11 Å². The molecule has 19 heavy (non-hydrogen) atoms. The Bertz CT molecular complexity index is 343. The van der Waals surface area contributed by atoms with Crippen LogP contribution in [0.2, 0.25) is 5.02 Å². The van der Waals surface area contributed by atoms with E-state index in [1.165, 1.54) is 0 Å². The Labute approximate surface area is 120 Å². The molecule has 0 heterocycles. The van der Waals surface area contributed by atoms with Crippen molar-refractivity contribution in [3.05, 3.63) is 34.9 Å². The first kappa shape index (κ1) is 16.4. The van der Waals surface area contributed by atoms with Gasteiger partial charge in [0.2, 0.25) is 0 Å². The zero-order valence-electron chi connectivity index (χ0n) is 11.7. The van der Waals surface area contributed by atoms with Crippen LogP contribution in [0.5, 0.6) is 0 Å². The van der Waals surface area contributed by atoms with E-state index in [2.05, 4.69) is 19.2 Å². The molecule has 0 radical (unpaired) electrons. The molecule has 108 valence electrons. The van der Waals surface area contributed by atoms with Gasteiger partial charge in [0.05, 0.1) is 19.3 Å². The van der Waals surface area contributed by atoms with Gasteiger partial charge in [0.1, 0.15) is 0 Å². The topological polar surface area (TPSA) is 41.5 Å². The maximum atomic E-state index is 9.75. The molecule has 0 saturated carbocycles. The summed E-state index contributed by atoms with van der Waals surface area (Å²) < 4.78 is 5.47. The van der Waals surface area contributed by atoms with E-state index in [1.807, 2.05) is 24.3 Å². The van der Waals surface area contributed by atoms with Crippen LogP contribution in [0.4, 0.5) is 0 Å². The minimum absolute atomic E-state index is 0.343. The number of hydrogen-bond acceptors (Lipinski definition) is 3. The molecule has 3 nitrogen and oxygen atoms in total. The molecule has 1 aromatic rings. The van der Waals surface area contributed by atoms with Crippen molar-refractivity contribution < 1.29 is 9.84 Å². The lowest BCUT2D eigenvalue weighted by Gasteiger charge is -2.14. The summed E-state index contributed by atoms with van der Waals surface area (Å²) in [5, 5.41) is 13.7. The summed E-state index contributed by atoms with van der Waals surface area (Å²) in [6.07, 6.45) is 0.687. The van der Waals surface area contributed by atoms with Gasteiger partial charge >= 0.3 is 0 Å². The summed E-state index contributed by atoms with van der Waals surface area (Å²) in [5.74, 6) is 0.641. The highest BCUT2D eigenvalue weighted by Gasteiger charge is 2.05. The molecule has 0 spiro atoms. The van der Waals surface area contributed by atoms with E-state index in [-0.39, 0.29) is 0 Å². The largest absolute Gasteiger partial charge is 0.389 e. The van der Waals surface area contributed by atoms with Gasteiger partial charge in [-0.3, -0.25) is 0 Å².